The van der Waals surface area contributed by atoms with E-state index in [9.17, 15) is 19.8 Å². The van der Waals surface area contributed by atoms with Gasteiger partial charge in [-0.2, -0.15) is 0 Å². The Morgan fingerprint density at radius 2 is 0.521 bits per heavy atom. The van der Waals surface area contributed by atoms with Crippen molar-refractivity contribution in [3.63, 3.8) is 0 Å². The van der Waals surface area contributed by atoms with Crippen molar-refractivity contribution < 1.29 is 24.5 Å². The van der Waals surface area contributed by atoms with Crippen LogP contribution < -0.4 is 5.32 Å². The number of aliphatic hydroxyl groups is 2. The van der Waals surface area contributed by atoms with Crippen molar-refractivity contribution in [2.75, 3.05) is 13.2 Å². The summed E-state index contributed by atoms with van der Waals surface area (Å²) in [6, 6.07) is -0.541. The van der Waals surface area contributed by atoms with Crippen LogP contribution in [-0.2, 0) is 14.3 Å². The number of carbonyl (C=O) groups is 2. The molecular weight excluding hydrogens is 1170 g/mol. The zero-order valence-corrected chi connectivity index (χ0v) is 65.1. The van der Waals surface area contributed by atoms with Crippen molar-refractivity contribution in [1.82, 2.24) is 5.32 Å². The van der Waals surface area contributed by atoms with Gasteiger partial charge >= 0.3 is 5.97 Å². The summed E-state index contributed by atoms with van der Waals surface area (Å²) in [6.07, 6.45) is 114. The highest BCUT2D eigenvalue weighted by atomic mass is 16.5. The fraction of sp³-hybridized carbons (Fsp3) is 0.889. The van der Waals surface area contributed by atoms with Gasteiger partial charge in [0.25, 0.3) is 0 Å². The molecule has 0 rings (SSSR count). The molecule has 0 saturated carbocycles. The van der Waals surface area contributed by atoms with Gasteiger partial charge in [0.15, 0.2) is 0 Å². The molecule has 0 aliphatic heterocycles. The second kappa shape index (κ2) is 85.2. The van der Waals surface area contributed by atoms with E-state index < -0.39 is 12.1 Å². The van der Waals surface area contributed by atoms with E-state index >= 15 is 0 Å². The Kier molecular flexibility index (Phi) is 83.3. The van der Waals surface area contributed by atoms with Gasteiger partial charge in [-0.25, -0.2) is 0 Å². The van der Waals surface area contributed by atoms with Crippen LogP contribution in [0.2, 0.25) is 0 Å². The lowest BCUT2D eigenvalue weighted by atomic mass is 10.0. The lowest BCUT2D eigenvalue weighted by Crippen LogP contribution is -2.45. The van der Waals surface area contributed by atoms with Gasteiger partial charge in [0, 0.05) is 12.8 Å². The fourth-order valence-electron chi connectivity index (χ4n) is 13.9. The molecule has 96 heavy (non-hydrogen) atoms. The number of amides is 1. The van der Waals surface area contributed by atoms with Gasteiger partial charge in [0.1, 0.15) is 0 Å². The Labute approximate surface area is 601 Å². The van der Waals surface area contributed by atoms with Crippen molar-refractivity contribution in [3.8, 4) is 0 Å². The minimum atomic E-state index is -0.664. The molecule has 0 aliphatic rings. The first-order valence-corrected chi connectivity index (χ1v) is 43.9. The van der Waals surface area contributed by atoms with Gasteiger partial charge in [0.05, 0.1) is 25.4 Å². The second-order valence-electron chi connectivity index (χ2n) is 30.2. The number of hydrogen-bond donors (Lipinski definition) is 3. The van der Waals surface area contributed by atoms with Gasteiger partial charge in [-0.15, -0.1) is 0 Å². The van der Waals surface area contributed by atoms with Crippen molar-refractivity contribution in [1.29, 1.82) is 0 Å². The molecule has 6 nitrogen and oxygen atoms in total. The Bertz CT molecular complexity index is 1600. The number of hydrogen-bond acceptors (Lipinski definition) is 5. The maximum atomic E-state index is 12.6. The Balaban J connectivity index is 3.36. The number of unbranched alkanes of at least 4 members (excludes halogenated alkanes) is 64. The summed E-state index contributed by atoms with van der Waals surface area (Å²) in [4.78, 5) is 24.7. The van der Waals surface area contributed by atoms with Crippen LogP contribution in [0.4, 0.5) is 0 Å². The Morgan fingerprint density at radius 3 is 0.802 bits per heavy atom. The molecule has 566 valence electrons. The van der Waals surface area contributed by atoms with E-state index in [-0.39, 0.29) is 18.5 Å². The van der Waals surface area contributed by atoms with Crippen molar-refractivity contribution >= 4 is 11.9 Å². The zero-order valence-electron chi connectivity index (χ0n) is 65.1. The molecule has 0 spiro atoms. The normalized spacial score (nSPS) is 12.7. The van der Waals surface area contributed by atoms with Gasteiger partial charge in [-0.1, -0.05) is 435 Å². The van der Waals surface area contributed by atoms with Crippen molar-refractivity contribution in [3.05, 3.63) is 48.6 Å². The van der Waals surface area contributed by atoms with E-state index in [0.29, 0.717) is 25.9 Å². The molecule has 0 bridgehead atoms. The molecule has 3 N–H and O–H groups in total. The third-order valence-corrected chi connectivity index (χ3v) is 20.6. The van der Waals surface area contributed by atoms with E-state index in [1.807, 2.05) is 0 Å². The van der Waals surface area contributed by atoms with Crippen molar-refractivity contribution in [2.24, 2.45) is 0 Å². The Morgan fingerprint density at radius 1 is 0.292 bits per heavy atom. The molecule has 0 fully saturated rings. The van der Waals surface area contributed by atoms with Crippen LogP contribution >= 0.6 is 0 Å². The van der Waals surface area contributed by atoms with E-state index in [0.717, 1.165) is 57.8 Å². The fourth-order valence-corrected chi connectivity index (χ4v) is 13.9. The predicted molar refractivity (Wildman–Crippen MR) is 426 cm³/mol. The first-order chi connectivity index (χ1) is 47.5. The molecule has 0 aromatic heterocycles. The average molecular weight is 1350 g/mol. The smallest absolute Gasteiger partial charge is 0.305 e. The summed E-state index contributed by atoms with van der Waals surface area (Å²) in [5.41, 5.74) is 0. The van der Waals surface area contributed by atoms with Crippen LogP contribution in [0.25, 0.3) is 0 Å². The monoisotopic (exact) mass is 1350 g/mol. The summed E-state index contributed by atoms with van der Waals surface area (Å²) in [5, 5.41) is 23.5. The van der Waals surface area contributed by atoms with E-state index in [4.69, 9.17) is 4.74 Å². The molecule has 6 heteroatoms. The molecule has 0 aromatic rings. The third-order valence-electron chi connectivity index (χ3n) is 20.6. The minimum absolute atomic E-state index is 0.00747. The number of aliphatic hydroxyl groups excluding tert-OH is 2. The first-order valence-electron chi connectivity index (χ1n) is 43.9. The van der Waals surface area contributed by atoms with Crippen LogP contribution in [0.5, 0.6) is 0 Å². The van der Waals surface area contributed by atoms with Gasteiger partial charge in [0.2, 0.25) is 5.91 Å². The largest absolute Gasteiger partial charge is 0.466 e. The summed E-state index contributed by atoms with van der Waals surface area (Å²) >= 11 is 0. The summed E-state index contributed by atoms with van der Waals surface area (Å²) in [6.45, 7) is 4.98. The van der Waals surface area contributed by atoms with Crippen LogP contribution in [0, 0.1) is 0 Å². The highest BCUT2D eigenvalue weighted by Crippen LogP contribution is 2.21. The maximum absolute atomic E-state index is 12.6. The highest BCUT2D eigenvalue weighted by molar-refractivity contribution is 5.76. The van der Waals surface area contributed by atoms with Crippen molar-refractivity contribution in [2.45, 2.75) is 501 Å². The molecule has 0 saturated heterocycles. The number of allylic oxidation sites excluding steroid dienone is 8. The van der Waals surface area contributed by atoms with Gasteiger partial charge in [-0.3, -0.25) is 9.59 Å². The number of nitrogens with one attached hydrogen (secondary N) is 1. The number of carbonyl (C=O) groups excluding carboxylic acids is 2. The standard InChI is InChI=1S/C90H171NO5/c1-3-5-7-9-11-13-15-17-19-21-22-23-24-42-45-48-51-54-58-62-66-70-74-78-82-88(93)87(86-92)91-89(94)83-79-75-71-67-63-59-55-52-49-46-43-40-38-36-34-32-30-28-26-25-27-29-31-33-35-37-39-41-44-47-50-53-57-61-65-69-73-77-81-85-96-90(95)84-80-76-72-68-64-60-56-20-18-16-14-12-10-8-6-4-2/h14,16,20,25-26,29,31,56,87-88,92-93H,3-13,15,17-19,21-24,27-28,30,32-55,57-86H2,1-2H3,(H,91,94)/b16-14-,26-25-,31-29-,56-20-. The zero-order chi connectivity index (χ0) is 69.1. The lowest BCUT2D eigenvalue weighted by molar-refractivity contribution is -0.143. The van der Waals surface area contributed by atoms with E-state index in [2.05, 4.69) is 67.8 Å². The van der Waals surface area contributed by atoms with Crippen LogP contribution in [0.15, 0.2) is 48.6 Å². The minimum Gasteiger partial charge on any atom is -0.466 e. The molecule has 0 heterocycles. The van der Waals surface area contributed by atoms with E-state index in [1.165, 1.54) is 398 Å². The topological polar surface area (TPSA) is 95.9 Å². The van der Waals surface area contributed by atoms with Crippen LogP contribution in [0.3, 0.4) is 0 Å². The number of ether oxygens (including phenoxy) is 1. The molecule has 1 amide bonds. The quantitative estimate of drug-likeness (QED) is 0.0320. The summed E-state index contributed by atoms with van der Waals surface area (Å²) < 4.78 is 5.50. The molecule has 0 radical (unpaired) electrons. The number of rotatable bonds is 83. The number of esters is 1. The molecular formula is C90H171NO5. The molecule has 2 atom stereocenters. The molecule has 0 aliphatic carbocycles. The van der Waals surface area contributed by atoms with E-state index in [1.54, 1.807) is 0 Å². The summed E-state index contributed by atoms with van der Waals surface area (Å²) in [7, 11) is 0. The predicted octanol–water partition coefficient (Wildman–Crippen LogP) is 29.5. The maximum Gasteiger partial charge on any atom is 0.305 e. The molecule has 2 unspecified atom stereocenters. The second-order valence-corrected chi connectivity index (χ2v) is 30.2. The van der Waals surface area contributed by atoms with Crippen LogP contribution in [-0.4, -0.2) is 47.4 Å². The van der Waals surface area contributed by atoms with Gasteiger partial charge < -0.3 is 20.3 Å². The van der Waals surface area contributed by atoms with Gasteiger partial charge in [-0.05, 0) is 89.9 Å². The Hall–Kier alpha value is -2.18. The lowest BCUT2D eigenvalue weighted by Gasteiger charge is -2.22. The highest BCUT2D eigenvalue weighted by Gasteiger charge is 2.20. The van der Waals surface area contributed by atoms with Crippen LogP contribution in [0.1, 0.15) is 489 Å². The molecule has 0 aromatic carbocycles. The SMILES string of the molecule is CCCCCC/C=C\C/C=C\CCCCCCCC(=O)OCCCCCCCCCCCCCCCCC/C=C\C/C=C\CCCCCCCCCCCCCCCCCCCC(=O)NC(CO)C(O)CCCCCCCCCCCCCCCCCCCCCCCCCC. The summed E-state index contributed by atoms with van der Waals surface area (Å²) in [5.74, 6) is -0.0187. The third kappa shape index (κ3) is 80.8. The first kappa shape index (κ1) is 93.8. The average Bonchev–Trinajstić information content (AvgIpc) is 2.37.